The lowest BCUT2D eigenvalue weighted by atomic mass is 10.1. The van der Waals surface area contributed by atoms with Crippen molar-refractivity contribution in [1.29, 1.82) is 0 Å². The molecule has 1 N–H and O–H groups in total. The zero-order chi connectivity index (χ0) is 20.0. The van der Waals surface area contributed by atoms with Gasteiger partial charge < -0.3 is 5.32 Å². The first kappa shape index (κ1) is 20.5. The molecule has 1 aliphatic rings. The number of carbonyl (C=O) groups excluding carboxylic acids is 1. The van der Waals surface area contributed by atoms with E-state index in [0.29, 0.717) is 44.3 Å². The Kier molecular flexibility index (Phi) is 6.80. The lowest BCUT2D eigenvalue weighted by Crippen LogP contribution is -2.46. The second kappa shape index (κ2) is 9.30. The quantitative estimate of drug-likeness (QED) is 0.772. The first-order chi connectivity index (χ1) is 13.4. The molecule has 0 radical (unpaired) electrons. The normalized spacial score (nSPS) is 16.0. The van der Waals surface area contributed by atoms with Crippen LogP contribution >= 0.6 is 0 Å². The Morgan fingerprint density at radius 2 is 1.71 bits per heavy atom. The summed E-state index contributed by atoms with van der Waals surface area (Å²) in [5.74, 6) is -0.659. The number of aryl methyl sites for hydroxylation is 1. The van der Waals surface area contributed by atoms with Gasteiger partial charge in [-0.3, -0.25) is 4.79 Å². The standard InChI is InChI=1S/C21H25FN2O3S/c22-19-8-4-7-18(15-19)16-28(26,27)24-13-11-20(12-14-24)23-21(25)10-9-17-5-2-1-3-6-17/h1-8,15,20H,9-14,16H2,(H,23,25). The van der Waals surface area contributed by atoms with Gasteiger partial charge in [-0.15, -0.1) is 0 Å². The van der Waals surface area contributed by atoms with Gasteiger partial charge in [0.05, 0.1) is 5.75 Å². The predicted octanol–water partition coefficient (Wildman–Crippen LogP) is 2.87. The van der Waals surface area contributed by atoms with Crippen LogP contribution in [0.5, 0.6) is 0 Å². The summed E-state index contributed by atoms with van der Waals surface area (Å²) in [5.41, 5.74) is 1.56. The number of hydrogen-bond donors (Lipinski definition) is 1. The van der Waals surface area contributed by atoms with Crippen molar-refractivity contribution >= 4 is 15.9 Å². The number of halogens is 1. The molecule has 1 heterocycles. The van der Waals surface area contributed by atoms with Crippen LogP contribution in [0.1, 0.15) is 30.4 Å². The van der Waals surface area contributed by atoms with Gasteiger partial charge in [-0.05, 0) is 42.5 Å². The number of carbonyl (C=O) groups is 1. The molecule has 1 aliphatic heterocycles. The first-order valence-electron chi connectivity index (χ1n) is 9.48. The van der Waals surface area contributed by atoms with E-state index >= 15 is 0 Å². The topological polar surface area (TPSA) is 66.5 Å². The molecule has 1 saturated heterocycles. The molecule has 2 aromatic carbocycles. The van der Waals surface area contributed by atoms with Crippen molar-refractivity contribution in [1.82, 2.24) is 9.62 Å². The number of piperidine rings is 1. The van der Waals surface area contributed by atoms with E-state index in [1.54, 1.807) is 6.07 Å². The maximum atomic E-state index is 13.3. The lowest BCUT2D eigenvalue weighted by molar-refractivity contribution is -0.122. The van der Waals surface area contributed by atoms with E-state index in [9.17, 15) is 17.6 Å². The van der Waals surface area contributed by atoms with E-state index in [0.717, 1.165) is 5.56 Å². The molecule has 0 spiro atoms. The van der Waals surface area contributed by atoms with E-state index in [2.05, 4.69) is 5.32 Å². The Balaban J connectivity index is 1.45. The van der Waals surface area contributed by atoms with Gasteiger partial charge in [0.15, 0.2) is 0 Å². The summed E-state index contributed by atoms with van der Waals surface area (Å²) in [7, 11) is -3.50. The smallest absolute Gasteiger partial charge is 0.220 e. The number of nitrogens with one attached hydrogen (secondary N) is 1. The molecule has 150 valence electrons. The molecule has 2 aromatic rings. The third-order valence-corrected chi connectivity index (χ3v) is 6.78. The van der Waals surface area contributed by atoms with Crippen LogP contribution in [0.4, 0.5) is 4.39 Å². The summed E-state index contributed by atoms with van der Waals surface area (Å²) in [4.78, 5) is 12.2. The molecule has 5 nitrogen and oxygen atoms in total. The number of nitrogens with zero attached hydrogens (tertiary/aromatic N) is 1. The fourth-order valence-corrected chi connectivity index (χ4v) is 4.96. The third kappa shape index (κ3) is 5.87. The minimum Gasteiger partial charge on any atom is -0.353 e. The third-order valence-electron chi connectivity index (χ3n) is 4.93. The number of hydrogen-bond acceptors (Lipinski definition) is 3. The lowest BCUT2D eigenvalue weighted by Gasteiger charge is -2.31. The molecule has 0 aliphatic carbocycles. The van der Waals surface area contributed by atoms with Crippen molar-refractivity contribution in [2.24, 2.45) is 0 Å². The monoisotopic (exact) mass is 404 g/mol. The minimum absolute atomic E-state index is 0.00933. The van der Waals surface area contributed by atoms with E-state index in [1.807, 2.05) is 30.3 Å². The fraction of sp³-hybridized carbons (Fsp3) is 0.381. The maximum Gasteiger partial charge on any atom is 0.220 e. The van der Waals surface area contributed by atoms with Crippen LogP contribution in [-0.4, -0.2) is 37.8 Å². The fourth-order valence-electron chi connectivity index (χ4n) is 3.41. The van der Waals surface area contributed by atoms with Gasteiger partial charge in [0, 0.05) is 25.6 Å². The highest BCUT2D eigenvalue weighted by molar-refractivity contribution is 7.88. The van der Waals surface area contributed by atoms with Gasteiger partial charge >= 0.3 is 0 Å². The highest BCUT2D eigenvalue weighted by Crippen LogP contribution is 2.18. The average molecular weight is 405 g/mol. The highest BCUT2D eigenvalue weighted by Gasteiger charge is 2.28. The van der Waals surface area contributed by atoms with Gasteiger partial charge in [0.2, 0.25) is 15.9 Å². The second-order valence-corrected chi connectivity index (χ2v) is 9.08. The summed E-state index contributed by atoms with van der Waals surface area (Å²) >= 11 is 0. The minimum atomic E-state index is -3.50. The van der Waals surface area contributed by atoms with E-state index in [1.165, 1.54) is 22.5 Å². The number of benzene rings is 2. The van der Waals surface area contributed by atoms with Crippen LogP contribution in [-0.2, 0) is 27.0 Å². The predicted molar refractivity (Wildman–Crippen MR) is 107 cm³/mol. The largest absolute Gasteiger partial charge is 0.353 e. The maximum absolute atomic E-state index is 13.3. The SMILES string of the molecule is O=C(CCc1ccccc1)NC1CCN(S(=O)(=O)Cc2cccc(F)c2)CC1. The van der Waals surface area contributed by atoms with Crippen molar-refractivity contribution in [3.05, 3.63) is 71.5 Å². The molecule has 0 unspecified atom stereocenters. The van der Waals surface area contributed by atoms with Gasteiger partial charge in [-0.2, -0.15) is 0 Å². The summed E-state index contributed by atoms with van der Waals surface area (Å²) in [6, 6.07) is 15.5. The zero-order valence-electron chi connectivity index (χ0n) is 15.7. The van der Waals surface area contributed by atoms with Crippen molar-refractivity contribution in [3.8, 4) is 0 Å². The van der Waals surface area contributed by atoms with E-state index < -0.39 is 15.8 Å². The number of sulfonamides is 1. The van der Waals surface area contributed by atoms with E-state index in [4.69, 9.17) is 0 Å². The molecular weight excluding hydrogens is 379 g/mol. The van der Waals surface area contributed by atoms with Crippen molar-refractivity contribution in [2.75, 3.05) is 13.1 Å². The highest BCUT2D eigenvalue weighted by atomic mass is 32.2. The molecule has 3 rings (SSSR count). The van der Waals surface area contributed by atoms with Crippen molar-refractivity contribution < 1.29 is 17.6 Å². The molecule has 28 heavy (non-hydrogen) atoms. The summed E-state index contributed by atoms with van der Waals surface area (Å²) in [5, 5.41) is 3.01. The van der Waals surface area contributed by atoms with Crippen LogP contribution < -0.4 is 5.32 Å². The van der Waals surface area contributed by atoms with Crippen LogP contribution in [0, 0.1) is 5.82 Å². The van der Waals surface area contributed by atoms with Crippen molar-refractivity contribution in [3.63, 3.8) is 0 Å². The summed E-state index contributed by atoms with van der Waals surface area (Å²) in [6.07, 6.45) is 2.27. The van der Waals surface area contributed by atoms with Gasteiger partial charge in [-0.25, -0.2) is 17.1 Å². The van der Waals surface area contributed by atoms with Crippen LogP contribution in [0.3, 0.4) is 0 Å². The number of rotatable bonds is 7. The van der Waals surface area contributed by atoms with Gasteiger partial charge in [0.25, 0.3) is 0 Å². The zero-order valence-corrected chi connectivity index (χ0v) is 16.5. The molecule has 7 heteroatoms. The van der Waals surface area contributed by atoms with Crippen LogP contribution in [0.25, 0.3) is 0 Å². The van der Waals surface area contributed by atoms with Gasteiger partial charge in [0.1, 0.15) is 5.82 Å². The second-order valence-electron chi connectivity index (χ2n) is 7.11. The number of amides is 1. The first-order valence-corrected chi connectivity index (χ1v) is 11.1. The van der Waals surface area contributed by atoms with Gasteiger partial charge in [-0.1, -0.05) is 42.5 Å². The van der Waals surface area contributed by atoms with Crippen molar-refractivity contribution in [2.45, 2.75) is 37.5 Å². The Bertz CT molecular complexity index is 895. The Morgan fingerprint density at radius 3 is 2.39 bits per heavy atom. The molecule has 0 saturated carbocycles. The molecule has 1 amide bonds. The Morgan fingerprint density at radius 1 is 1.04 bits per heavy atom. The Labute approximate surface area is 165 Å². The summed E-state index contributed by atoms with van der Waals surface area (Å²) < 4.78 is 39.9. The molecule has 0 atom stereocenters. The van der Waals surface area contributed by atoms with E-state index in [-0.39, 0.29) is 17.7 Å². The van der Waals surface area contributed by atoms with Crippen LogP contribution in [0.15, 0.2) is 54.6 Å². The molecular formula is C21H25FN2O3S. The molecule has 0 bridgehead atoms. The Hall–Kier alpha value is -2.25. The molecule has 1 fully saturated rings. The average Bonchev–Trinajstić information content (AvgIpc) is 2.67. The summed E-state index contributed by atoms with van der Waals surface area (Å²) in [6.45, 7) is 0.725. The molecule has 0 aromatic heterocycles. The van der Waals surface area contributed by atoms with Crippen LogP contribution in [0.2, 0.25) is 0 Å².